The highest BCUT2D eigenvalue weighted by atomic mass is 16.7. The van der Waals surface area contributed by atoms with E-state index in [1.54, 1.807) is 12.1 Å². The Morgan fingerprint density at radius 1 is 1.13 bits per heavy atom. The lowest BCUT2D eigenvalue weighted by atomic mass is 10.2. The second kappa shape index (κ2) is 5.75. The summed E-state index contributed by atoms with van der Waals surface area (Å²) in [6.07, 6.45) is 2.33. The molecule has 2 aromatic rings. The maximum absolute atomic E-state index is 12.1. The Morgan fingerprint density at radius 3 is 2.78 bits per heavy atom. The number of benzene rings is 1. The van der Waals surface area contributed by atoms with Crippen LogP contribution in [0.2, 0.25) is 0 Å². The average Bonchev–Trinajstić information content (AvgIpc) is 3.27. The number of hydrogen-bond acceptors (Lipinski definition) is 6. The van der Waals surface area contributed by atoms with Gasteiger partial charge in [0.25, 0.3) is 5.91 Å². The number of fused-ring (bicyclic) bond motifs is 1. The van der Waals surface area contributed by atoms with Crippen LogP contribution >= 0.6 is 0 Å². The van der Waals surface area contributed by atoms with Crippen molar-refractivity contribution < 1.29 is 14.3 Å². The van der Waals surface area contributed by atoms with Crippen molar-refractivity contribution in [3.05, 3.63) is 41.6 Å². The molecule has 2 N–H and O–H groups in total. The number of nitrogens with zero attached hydrogens (tertiary/aromatic N) is 2. The van der Waals surface area contributed by atoms with E-state index < -0.39 is 0 Å². The molecule has 1 aliphatic heterocycles. The van der Waals surface area contributed by atoms with Crippen molar-refractivity contribution >= 4 is 11.7 Å². The summed E-state index contributed by atoms with van der Waals surface area (Å²) < 4.78 is 10.6. The van der Waals surface area contributed by atoms with Gasteiger partial charge in [-0.2, -0.15) is 0 Å². The molecule has 7 heteroatoms. The Morgan fingerprint density at radius 2 is 2.00 bits per heavy atom. The molecule has 1 aromatic carbocycles. The van der Waals surface area contributed by atoms with E-state index in [-0.39, 0.29) is 12.7 Å². The van der Waals surface area contributed by atoms with E-state index in [0.29, 0.717) is 29.8 Å². The molecular formula is C16H16N4O3. The lowest BCUT2D eigenvalue weighted by Gasteiger charge is -2.06. The predicted molar refractivity (Wildman–Crippen MR) is 82.4 cm³/mol. The van der Waals surface area contributed by atoms with Crippen LogP contribution in [0.5, 0.6) is 11.5 Å². The predicted octanol–water partition coefficient (Wildman–Crippen LogP) is 1.71. The standard InChI is InChI=1S/C16H16N4O3/c21-16(12-4-6-15(20-19-12)18-11-2-3-11)17-8-10-1-5-13-14(7-10)23-9-22-13/h1,4-7,11H,2-3,8-9H2,(H,17,21)(H,18,20). The quantitative estimate of drug-likeness (QED) is 0.874. The monoisotopic (exact) mass is 312 g/mol. The van der Waals surface area contributed by atoms with Crippen molar-refractivity contribution in [1.82, 2.24) is 15.5 Å². The largest absolute Gasteiger partial charge is 0.454 e. The van der Waals surface area contributed by atoms with Gasteiger partial charge in [-0.1, -0.05) is 6.07 Å². The fourth-order valence-corrected chi connectivity index (χ4v) is 2.29. The average molecular weight is 312 g/mol. The summed E-state index contributed by atoms with van der Waals surface area (Å²) in [7, 11) is 0. The van der Waals surface area contributed by atoms with Crippen molar-refractivity contribution in [1.29, 1.82) is 0 Å². The molecule has 0 bridgehead atoms. The molecule has 2 aliphatic rings. The highest BCUT2D eigenvalue weighted by molar-refractivity contribution is 5.92. The normalized spacial score (nSPS) is 15.3. The van der Waals surface area contributed by atoms with Crippen molar-refractivity contribution in [2.24, 2.45) is 0 Å². The molecule has 1 fully saturated rings. The van der Waals surface area contributed by atoms with Crippen LogP contribution in [0.15, 0.2) is 30.3 Å². The van der Waals surface area contributed by atoms with Crippen LogP contribution in [0, 0.1) is 0 Å². The molecule has 0 unspecified atom stereocenters. The summed E-state index contributed by atoms with van der Waals surface area (Å²) in [5.41, 5.74) is 1.23. The number of nitrogens with one attached hydrogen (secondary N) is 2. The van der Waals surface area contributed by atoms with Gasteiger partial charge >= 0.3 is 0 Å². The lowest BCUT2D eigenvalue weighted by molar-refractivity contribution is 0.0945. The minimum Gasteiger partial charge on any atom is -0.454 e. The second-order valence-corrected chi connectivity index (χ2v) is 5.59. The molecule has 7 nitrogen and oxygen atoms in total. The summed E-state index contributed by atoms with van der Waals surface area (Å²) in [5, 5.41) is 14.0. The minimum atomic E-state index is -0.256. The van der Waals surface area contributed by atoms with Crippen molar-refractivity contribution in [2.75, 3.05) is 12.1 Å². The summed E-state index contributed by atoms with van der Waals surface area (Å²) >= 11 is 0. The van der Waals surface area contributed by atoms with Gasteiger partial charge in [-0.05, 0) is 42.7 Å². The number of carbonyl (C=O) groups excluding carboxylic acids is 1. The van der Waals surface area contributed by atoms with E-state index in [0.717, 1.165) is 11.3 Å². The molecule has 23 heavy (non-hydrogen) atoms. The zero-order chi connectivity index (χ0) is 15.6. The zero-order valence-electron chi connectivity index (χ0n) is 12.4. The van der Waals surface area contributed by atoms with Crippen molar-refractivity contribution in [3.8, 4) is 11.5 Å². The molecule has 1 saturated carbocycles. The maximum Gasteiger partial charge on any atom is 0.272 e. The van der Waals surface area contributed by atoms with Gasteiger partial charge < -0.3 is 20.1 Å². The van der Waals surface area contributed by atoms with E-state index in [9.17, 15) is 4.79 Å². The number of hydrogen-bond donors (Lipinski definition) is 2. The number of amides is 1. The van der Waals surface area contributed by atoms with E-state index in [4.69, 9.17) is 9.47 Å². The molecule has 4 rings (SSSR count). The molecule has 0 spiro atoms. The van der Waals surface area contributed by atoms with Gasteiger partial charge in [-0.3, -0.25) is 4.79 Å². The minimum absolute atomic E-state index is 0.238. The third kappa shape index (κ3) is 3.18. The lowest BCUT2D eigenvalue weighted by Crippen LogP contribution is -2.24. The van der Waals surface area contributed by atoms with E-state index in [1.807, 2.05) is 18.2 Å². The van der Waals surface area contributed by atoms with Gasteiger partial charge in [-0.25, -0.2) is 0 Å². The molecule has 0 saturated heterocycles. The Balaban J connectivity index is 1.35. The van der Waals surface area contributed by atoms with E-state index in [2.05, 4.69) is 20.8 Å². The van der Waals surface area contributed by atoms with Crippen LogP contribution in [0.3, 0.4) is 0 Å². The Labute approximate surface area is 133 Å². The van der Waals surface area contributed by atoms with Crippen LogP contribution in [-0.2, 0) is 6.54 Å². The molecule has 1 aromatic heterocycles. The molecule has 0 radical (unpaired) electrons. The Kier molecular flexibility index (Phi) is 3.45. The number of rotatable bonds is 5. The number of aromatic nitrogens is 2. The topological polar surface area (TPSA) is 85.4 Å². The molecule has 2 heterocycles. The van der Waals surface area contributed by atoms with Crippen LogP contribution in [-0.4, -0.2) is 28.9 Å². The summed E-state index contributed by atoms with van der Waals surface area (Å²) in [4.78, 5) is 12.1. The summed E-state index contributed by atoms with van der Waals surface area (Å²) in [6.45, 7) is 0.626. The first-order chi connectivity index (χ1) is 11.3. The molecular weight excluding hydrogens is 296 g/mol. The van der Waals surface area contributed by atoms with Gasteiger partial charge in [-0.15, -0.1) is 10.2 Å². The van der Waals surface area contributed by atoms with Gasteiger partial charge in [0.15, 0.2) is 17.2 Å². The Bertz CT molecular complexity index is 729. The van der Waals surface area contributed by atoms with Crippen molar-refractivity contribution in [3.63, 3.8) is 0 Å². The molecule has 1 amide bonds. The van der Waals surface area contributed by atoms with Gasteiger partial charge in [0.2, 0.25) is 6.79 Å². The van der Waals surface area contributed by atoms with Crippen LogP contribution in [0.1, 0.15) is 28.9 Å². The second-order valence-electron chi connectivity index (χ2n) is 5.59. The molecule has 1 aliphatic carbocycles. The number of ether oxygens (including phenoxy) is 2. The number of carbonyl (C=O) groups is 1. The zero-order valence-corrected chi connectivity index (χ0v) is 12.4. The number of anilines is 1. The molecule has 0 atom stereocenters. The first kappa shape index (κ1) is 13.8. The fraction of sp³-hybridized carbons (Fsp3) is 0.312. The van der Waals surface area contributed by atoms with Crippen LogP contribution in [0.25, 0.3) is 0 Å². The van der Waals surface area contributed by atoms with Crippen LogP contribution < -0.4 is 20.1 Å². The fourth-order valence-electron chi connectivity index (χ4n) is 2.29. The van der Waals surface area contributed by atoms with Gasteiger partial charge in [0.05, 0.1) is 0 Å². The highest BCUT2D eigenvalue weighted by Crippen LogP contribution is 2.32. The third-order valence-corrected chi connectivity index (χ3v) is 3.72. The Hall–Kier alpha value is -2.83. The third-order valence-electron chi connectivity index (χ3n) is 3.72. The SMILES string of the molecule is O=C(NCc1ccc2c(c1)OCO2)c1ccc(NC2CC2)nn1. The van der Waals surface area contributed by atoms with Crippen molar-refractivity contribution in [2.45, 2.75) is 25.4 Å². The summed E-state index contributed by atoms with van der Waals surface area (Å²) in [5.74, 6) is 1.88. The summed E-state index contributed by atoms with van der Waals surface area (Å²) in [6, 6.07) is 9.55. The maximum atomic E-state index is 12.1. The smallest absolute Gasteiger partial charge is 0.272 e. The highest BCUT2D eigenvalue weighted by Gasteiger charge is 2.21. The first-order valence-electron chi connectivity index (χ1n) is 7.55. The first-order valence-corrected chi connectivity index (χ1v) is 7.55. The van der Waals surface area contributed by atoms with Gasteiger partial charge in [0.1, 0.15) is 5.82 Å². The van der Waals surface area contributed by atoms with Gasteiger partial charge in [0, 0.05) is 12.6 Å². The van der Waals surface area contributed by atoms with E-state index >= 15 is 0 Å². The van der Waals surface area contributed by atoms with E-state index in [1.165, 1.54) is 12.8 Å². The molecule has 118 valence electrons. The van der Waals surface area contributed by atoms with Crippen LogP contribution in [0.4, 0.5) is 5.82 Å².